The van der Waals surface area contributed by atoms with Gasteiger partial charge in [-0.05, 0) is 87.9 Å². The topological polar surface area (TPSA) is 37.3 Å². The minimum absolute atomic E-state index is 0.167. The van der Waals surface area contributed by atoms with Crippen molar-refractivity contribution in [1.29, 1.82) is 0 Å². The van der Waals surface area contributed by atoms with Gasteiger partial charge in [-0.25, -0.2) is 0 Å². The molecule has 6 atom stereocenters. The van der Waals surface area contributed by atoms with E-state index in [4.69, 9.17) is 5.11 Å². The fourth-order valence-electron chi connectivity index (χ4n) is 6.28. The van der Waals surface area contributed by atoms with E-state index in [-0.39, 0.29) is 6.10 Å². The molecule has 0 aliphatic heterocycles. The van der Waals surface area contributed by atoms with Crippen molar-refractivity contribution in [2.75, 3.05) is 0 Å². The molecular weight excluding hydrogens is 272 g/mol. The Hall–Kier alpha value is -0.370. The molecule has 126 valence electrons. The van der Waals surface area contributed by atoms with E-state index in [1.807, 2.05) is 0 Å². The molecule has 0 bridgehead atoms. The van der Waals surface area contributed by atoms with Crippen LogP contribution in [0.4, 0.5) is 0 Å². The monoisotopic (exact) mass is 306 g/mol. The Bertz CT molecular complexity index is 386. The molecule has 0 spiro atoms. The number of hydrogen-bond acceptors (Lipinski definition) is 2. The van der Waals surface area contributed by atoms with Crippen molar-refractivity contribution in [3.63, 3.8) is 0 Å². The summed E-state index contributed by atoms with van der Waals surface area (Å²) in [6, 6.07) is 0. The largest absolute Gasteiger partial charge is 0.394 e. The Morgan fingerprint density at radius 3 is 2.09 bits per heavy atom. The fourth-order valence-corrected chi connectivity index (χ4v) is 6.28. The first-order chi connectivity index (χ1) is 10.6. The second-order valence-electron chi connectivity index (χ2n) is 8.64. The molecule has 4 saturated carbocycles. The Balaban J connectivity index is 0.000000325. The molecule has 2 nitrogen and oxygen atoms in total. The van der Waals surface area contributed by atoms with E-state index in [2.05, 4.69) is 0 Å². The van der Waals surface area contributed by atoms with E-state index in [1.165, 1.54) is 51.4 Å². The van der Waals surface area contributed by atoms with Gasteiger partial charge in [-0.15, -0.1) is 0 Å². The zero-order valence-electron chi connectivity index (χ0n) is 14.5. The molecule has 22 heavy (non-hydrogen) atoms. The van der Waals surface area contributed by atoms with Crippen LogP contribution in [0.2, 0.25) is 0 Å². The van der Waals surface area contributed by atoms with Crippen LogP contribution < -0.4 is 0 Å². The van der Waals surface area contributed by atoms with Crippen molar-refractivity contribution >= 4 is 5.78 Å². The summed E-state index contributed by atoms with van der Waals surface area (Å²) in [5.74, 6) is 6.52. The van der Waals surface area contributed by atoms with Crippen molar-refractivity contribution in [3.8, 4) is 0 Å². The highest BCUT2D eigenvalue weighted by molar-refractivity contribution is 5.79. The highest BCUT2D eigenvalue weighted by Crippen LogP contribution is 2.57. The molecule has 0 aromatic carbocycles. The van der Waals surface area contributed by atoms with Gasteiger partial charge in [-0.1, -0.05) is 12.8 Å². The van der Waals surface area contributed by atoms with Crippen LogP contribution in [0, 0.1) is 35.5 Å². The zero-order chi connectivity index (χ0) is 15.7. The number of aliphatic hydroxyl groups excluding tert-OH is 1. The third-order valence-electron chi connectivity index (χ3n) is 6.96. The molecular formula is C20H34O2. The Morgan fingerprint density at radius 2 is 1.41 bits per heavy atom. The van der Waals surface area contributed by atoms with E-state index in [0.717, 1.165) is 48.3 Å². The van der Waals surface area contributed by atoms with E-state index >= 15 is 0 Å². The number of carbonyl (C=O) groups excluding carboxylic acids is 1. The van der Waals surface area contributed by atoms with Gasteiger partial charge in [0.05, 0.1) is 0 Å². The van der Waals surface area contributed by atoms with Crippen LogP contribution in [0.25, 0.3) is 0 Å². The second kappa shape index (κ2) is 7.03. The van der Waals surface area contributed by atoms with Gasteiger partial charge in [-0.3, -0.25) is 4.79 Å². The molecule has 0 saturated heterocycles. The summed E-state index contributed by atoms with van der Waals surface area (Å²) in [5.41, 5.74) is 0. The lowest BCUT2D eigenvalue weighted by Gasteiger charge is -2.51. The average Bonchev–Trinajstić information content (AvgIpc) is 2.94. The molecule has 4 aliphatic carbocycles. The number of hydrogen-bond donors (Lipinski definition) is 1. The van der Waals surface area contributed by atoms with E-state index in [1.54, 1.807) is 13.8 Å². The summed E-state index contributed by atoms with van der Waals surface area (Å²) >= 11 is 0. The molecule has 0 heterocycles. The summed E-state index contributed by atoms with van der Waals surface area (Å²) in [7, 11) is 0. The summed E-state index contributed by atoms with van der Waals surface area (Å²) in [5, 5.41) is 8.06. The highest BCUT2D eigenvalue weighted by atomic mass is 16.3. The Morgan fingerprint density at radius 1 is 0.818 bits per heavy atom. The van der Waals surface area contributed by atoms with Gasteiger partial charge in [0.2, 0.25) is 0 Å². The number of rotatable bonds is 0. The van der Waals surface area contributed by atoms with Crippen LogP contribution in [0.5, 0.6) is 0 Å². The van der Waals surface area contributed by atoms with E-state index in [0.29, 0.717) is 5.78 Å². The number of fused-ring (bicyclic) bond motifs is 5. The molecule has 2 heteroatoms. The van der Waals surface area contributed by atoms with Crippen LogP contribution in [-0.4, -0.2) is 17.0 Å². The molecule has 4 unspecified atom stereocenters. The fraction of sp³-hybridized carbons (Fsp3) is 0.950. The molecule has 0 amide bonds. The number of ketones is 1. The van der Waals surface area contributed by atoms with Crippen molar-refractivity contribution < 1.29 is 9.90 Å². The number of aliphatic hydroxyl groups is 1. The smallest absolute Gasteiger partial charge is 0.133 e. The van der Waals surface area contributed by atoms with Gasteiger partial charge in [0.15, 0.2) is 0 Å². The third kappa shape index (κ3) is 3.42. The first-order valence-corrected chi connectivity index (χ1v) is 9.76. The molecule has 4 rings (SSSR count). The molecule has 4 fully saturated rings. The van der Waals surface area contributed by atoms with Gasteiger partial charge in [0, 0.05) is 18.9 Å². The van der Waals surface area contributed by atoms with Gasteiger partial charge >= 0.3 is 0 Å². The minimum atomic E-state index is -0.167. The average molecular weight is 306 g/mol. The van der Waals surface area contributed by atoms with Crippen LogP contribution >= 0.6 is 0 Å². The molecule has 1 N–H and O–H groups in total. The van der Waals surface area contributed by atoms with Crippen molar-refractivity contribution in [2.45, 2.75) is 84.2 Å². The molecule has 4 aliphatic rings. The van der Waals surface area contributed by atoms with Crippen molar-refractivity contribution in [1.82, 2.24) is 0 Å². The van der Waals surface area contributed by atoms with Gasteiger partial charge < -0.3 is 5.11 Å². The normalized spacial score (nSPS) is 43.7. The van der Waals surface area contributed by atoms with Crippen LogP contribution in [0.1, 0.15) is 78.1 Å². The number of Topliss-reactive ketones (excluding diaryl/α,β-unsaturated/α-hetero) is 1. The van der Waals surface area contributed by atoms with Crippen LogP contribution in [0.15, 0.2) is 0 Å². The van der Waals surface area contributed by atoms with Gasteiger partial charge in [0.1, 0.15) is 5.78 Å². The summed E-state index contributed by atoms with van der Waals surface area (Å²) in [4.78, 5) is 11.7. The minimum Gasteiger partial charge on any atom is -0.394 e. The predicted octanol–water partition coefficient (Wildman–Crippen LogP) is 4.60. The Labute approximate surface area is 136 Å². The summed E-state index contributed by atoms with van der Waals surface area (Å²) in [6.07, 6.45) is 13.3. The molecule has 0 radical (unpaired) electrons. The lowest BCUT2D eigenvalue weighted by Crippen LogP contribution is -2.44. The van der Waals surface area contributed by atoms with Crippen molar-refractivity contribution in [2.24, 2.45) is 35.5 Å². The highest BCUT2D eigenvalue weighted by Gasteiger charge is 2.49. The lowest BCUT2D eigenvalue weighted by molar-refractivity contribution is -0.126. The van der Waals surface area contributed by atoms with E-state index in [9.17, 15) is 4.79 Å². The second-order valence-corrected chi connectivity index (χ2v) is 8.64. The molecule has 0 aromatic heterocycles. The summed E-state index contributed by atoms with van der Waals surface area (Å²) < 4.78 is 0. The van der Waals surface area contributed by atoms with E-state index < -0.39 is 0 Å². The summed E-state index contributed by atoms with van der Waals surface area (Å²) in [6.45, 7) is 3.44. The standard InChI is InChI=1S/C17H26O.C3H8O/c18-13-6-9-15-12(10-13)5-8-16-14-3-1-2-11(14)4-7-17(15)16;1-3(2)4/h11-12,14-17H,1-10H2;3-4H,1-2H3/t11?,12-,14+,15?,16?,17?;/m0./s1. The Kier molecular flexibility index (Phi) is 5.27. The maximum atomic E-state index is 11.7. The first-order valence-electron chi connectivity index (χ1n) is 9.76. The van der Waals surface area contributed by atoms with Crippen molar-refractivity contribution in [3.05, 3.63) is 0 Å². The first kappa shape index (κ1) is 16.5. The van der Waals surface area contributed by atoms with Gasteiger partial charge in [0.25, 0.3) is 0 Å². The third-order valence-corrected chi connectivity index (χ3v) is 6.96. The lowest BCUT2D eigenvalue weighted by atomic mass is 9.54. The SMILES string of the molecule is CC(C)O.O=C1CCC2C3CCC4CCC[C@H]4C3CC[C@H]2C1. The predicted molar refractivity (Wildman–Crippen MR) is 89.5 cm³/mol. The molecule has 0 aromatic rings. The van der Waals surface area contributed by atoms with Crippen LogP contribution in [0.3, 0.4) is 0 Å². The number of carbonyl (C=O) groups is 1. The van der Waals surface area contributed by atoms with Crippen LogP contribution in [-0.2, 0) is 4.79 Å². The zero-order valence-corrected chi connectivity index (χ0v) is 14.5. The maximum absolute atomic E-state index is 11.7. The quantitative estimate of drug-likeness (QED) is 0.710. The maximum Gasteiger partial charge on any atom is 0.133 e. The van der Waals surface area contributed by atoms with Gasteiger partial charge in [-0.2, -0.15) is 0 Å².